The number of likely N-dealkylation sites (N-methyl/N-ethyl adjacent to an activating group) is 1. The molecule has 0 aromatic carbocycles. The van der Waals surface area contributed by atoms with Crippen LogP contribution >= 0.6 is 27.3 Å². The van der Waals surface area contributed by atoms with Crippen LogP contribution in [0.1, 0.15) is 17.3 Å². The Labute approximate surface area is 95.5 Å². The van der Waals surface area contributed by atoms with Gasteiger partial charge in [-0.15, -0.1) is 11.3 Å². The van der Waals surface area contributed by atoms with Gasteiger partial charge in [-0.05, 0) is 28.9 Å². The van der Waals surface area contributed by atoms with E-state index in [2.05, 4.69) is 15.9 Å². The largest absolute Gasteiger partial charge is 0.395 e. The van der Waals surface area contributed by atoms with Gasteiger partial charge in [-0.25, -0.2) is 0 Å². The topological polar surface area (TPSA) is 40.5 Å². The van der Waals surface area contributed by atoms with Crippen molar-refractivity contribution in [2.45, 2.75) is 6.92 Å². The lowest BCUT2D eigenvalue weighted by Gasteiger charge is -2.18. The zero-order valence-corrected chi connectivity index (χ0v) is 10.3. The average molecular weight is 278 g/mol. The zero-order valence-electron chi connectivity index (χ0n) is 7.86. The van der Waals surface area contributed by atoms with E-state index < -0.39 is 0 Å². The first kappa shape index (κ1) is 11.7. The quantitative estimate of drug-likeness (QED) is 0.914. The zero-order chi connectivity index (χ0) is 10.6. The molecule has 0 unspecified atom stereocenters. The molecule has 0 atom stereocenters. The maximum Gasteiger partial charge on any atom is 0.254 e. The average Bonchev–Trinajstić information content (AvgIpc) is 2.60. The first-order valence-corrected chi connectivity index (χ1v) is 6.00. The summed E-state index contributed by atoms with van der Waals surface area (Å²) < 4.78 is 0.945. The fourth-order valence-electron chi connectivity index (χ4n) is 1.13. The van der Waals surface area contributed by atoms with Crippen molar-refractivity contribution in [2.24, 2.45) is 0 Å². The van der Waals surface area contributed by atoms with E-state index in [1.165, 1.54) is 11.3 Å². The van der Waals surface area contributed by atoms with E-state index in [9.17, 15) is 4.79 Å². The Morgan fingerprint density at radius 2 is 2.43 bits per heavy atom. The summed E-state index contributed by atoms with van der Waals surface area (Å²) in [4.78, 5) is 13.4. The summed E-state index contributed by atoms with van der Waals surface area (Å²) in [6, 6.07) is 1.80. The Kier molecular flexibility index (Phi) is 4.57. The summed E-state index contributed by atoms with van der Waals surface area (Å²) in [5.74, 6) is -0.0245. The van der Waals surface area contributed by atoms with Gasteiger partial charge in [0, 0.05) is 18.5 Å². The second-order valence-electron chi connectivity index (χ2n) is 2.75. The van der Waals surface area contributed by atoms with Crippen molar-refractivity contribution in [2.75, 3.05) is 19.7 Å². The molecule has 1 N–H and O–H groups in total. The maximum absolute atomic E-state index is 11.8. The summed E-state index contributed by atoms with van der Waals surface area (Å²) in [6.07, 6.45) is 0. The number of carbonyl (C=O) groups is 1. The number of amides is 1. The monoisotopic (exact) mass is 277 g/mol. The third-order valence-electron chi connectivity index (χ3n) is 1.85. The van der Waals surface area contributed by atoms with Crippen LogP contribution in [-0.4, -0.2) is 35.6 Å². The molecule has 14 heavy (non-hydrogen) atoms. The molecule has 0 aliphatic carbocycles. The van der Waals surface area contributed by atoms with Crippen LogP contribution in [0.2, 0.25) is 0 Å². The summed E-state index contributed by atoms with van der Waals surface area (Å²) >= 11 is 4.79. The van der Waals surface area contributed by atoms with Gasteiger partial charge in [0.05, 0.1) is 16.0 Å². The van der Waals surface area contributed by atoms with Crippen molar-refractivity contribution < 1.29 is 9.90 Å². The van der Waals surface area contributed by atoms with Crippen molar-refractivity contribution >= 4 is 33.2 Å². The number of carbonyl (C=O) groups excluding carboxylic acids is 1. The molecule has 0 aliphatic heterocycles. The van der Waals surface area contributed by atoms with E-state index >= 15 is 0 Å². The van der Waals surface area contributed by atoms with Crippen LogP contribution in [0, 0.1) is 0 Å². The Morgan fingerprint density at radius 3 is 2.86 bits per heavy atom. The van der Waals surface area contributed by atoms with Gasteiger partial charge in [0.25, 0.3) is 5.91 Å². The number of hydrogen-bond donors (Lipinski definition) is 1. The first-order chi connectivity index (χ1) is 6.69. The van der Waals surface area contributed by atoms with Crippen molar-refractivity contribution in [3.63, 3.8) is 0 Å². The van der Waals surface area contributed by atoms with Crippen LogP contribution in [-0.2, 0) is 0 Å². The number of hydrogen-bond acceptors (Lipinski definition) is 3. The van der Waals surface area contributed by atoms with E-state index in [1.807, 2.05) is 12.3 Å². The Morgan fingerprint density at radius 1 is 1.71 bits per heavy atom. The van der Waals surface area contributed by atoms with Crippen molar-refractivity contribution in [1.82, 2.24) is 4.90 Å². The van der Waals surface area contributed by atoms with Gasteiger partial charge in [-0.3, -0.25) is 4.79 Å². The molecule has 5 heteroatoms. The van der Waals surface area contributed by atoms with E-state index in [0.717, 1.165) is 3.79 Å². The lowest BCUT2D eigenvalue weighted by molar-refractivity contribution is 0.0732. The molecule has 0 aliphatic rings. The molecule has 1 rings (SSSR count). The molecule has 0 spiro atoms. The van der Waals surface area contributed by atoms with Gasteiger partial charge in [-0.1, -0.05) is 0 Å². The molecule has 0 bridgehead atoms. The second-order valence-corrected chi connectivity index (χ2v) is 5.04. The minimum Gasteiger partial charge on any atom is -0.395 e. The predicted molar refractivity (Wildman–Crippen MR) is 60.7 cm³/mol. The second kappa shape index (κ2) is 5.48. The minimum absolute atomic E-state index is 0.00485. The number of halogens is 1. The Balaban J connectivity index is 2.72. The lowest BCUT2D eigenvalue weighted by atomic mass is 10.3. The van der Waals surface area contributed by atoms with E-state index in [1.54, 1.807) is 11.0 Å². The Bertz CT molecular complexity index is 314. The molecule has 78 valence electrons. The van der Waals surface area contributed by atoms with Crippen LogP contribution in [0.5, 0.6) is 0 Å². The predicted octanol–water partition coefficient (Wildman–Crippen LogP) is 1.96. The summed E-state index contributed by atoms with van der Waals surface area (Å²) in [6.45, 7) is 2.91. The molecule has 3 nitrogen and oxygen atoms in total. The van der Waals surface area contributed by atoms with Gasteiger partial charge in [0.15, 0.2) is 0 Å². The molecule has 1 amide bonds. The molecule has 0 fully saturated rings. The van der Waals surface area contributed by atoms with Gasteiger partial charge in [0.1, 0.15) is 0 Å². The van der Waals surface area contributed by atoms with Crippen molar-refractivity contribution in [1.29, 1.82) is 0 Å². The van der Waals surface area contributed by atoms with Gasteiger partial charge >= 0.3 is 0 Å². The normalized spacial score (nSPS) is 10.2. The van der Waals surface area contributed by atoms with Crippen LogP contribution in [0.15, 0.2) is 15.2 Å². The number of aliphatic hydroxyl groups excluding tert-OH is 1. The molecule has 0 radical (unpaired) electrons. The summed E-state index contributed by atoms with van der Waals surface area (Å²) in [7, 11) is 0. The first-order valence-electron chi connectivity index (χ1n) is 4.33. The van der Waals surface area contributed by atoms with Gasteiger partial charge < -0.3 is 10.0 Å². The standard InChI is InChI=1S/C9H12BrNO2S/c1-2-11(3-4-12)9(13)7-5-8(10)14-6-7/h5-6,12H,2-4H2,1H3. The smallest absolute Gasteiger partial charge is 0.254 e. The SMILES string of the molecule is CCN(CCO)C(=O)c1csc(Br)c1. The fourth-order valence-corrected chi connectivity index (χ4v) is 2.26. The van der Waals surface area contributed by atoms with E-state index in [4.69, 9.17) is 5.11 Å². The van der Waals surface area contributed by atoms with Crippen LogP contribution < -0.4 is 0 Å². The maximum atomic E-state index is 11.8. The van der Waals surface area contributed by atoms with Crippen LogP contribution in [0.25, 0.3) is 0 Å². The number of nitrogens with zero attached hydrogens (tertiary/aromatic N) is 1. The van der Waals surface area contributed by atoms with Crippen molar-refractivity contribution in [3.05, 3.63) is 20.8 Å². The lowest BCUT2D eigenvalue weighted by Crippen LogP contribution is -2.33. The minimum atomic E-state index is -0.0245. The Hall–Kier alpha value is -0.390. The summed E-state index contributed by atoms with van der Waals surface area (Å²) in [5.41, 5.74) is 0.678. The molecule has 0 saturated heterocycles. The van der Waals surface area contributed by atoms with Gasteiger partial charge in [-0.2, -0.15) is 0 Å². The highest BCUT2D eigenvalue weighted by atomic mass is 79.9. The summed E-state index contributed by atoms with van der Waals surface area (Å²) in [5, 5.41) is 10.6. The highest BCUT2D eigenvalue weighted by molar-refractivity contribution is 9.11. The number of rotatable bonds is 4. The fraction of sp³-hybridized carbons (Fsp3) is 0.444. The number of aliphatic hydroxyl groups is 1. The third kappa shape index (κ3) is 2.80. The number of thiophene rings is 1. The molecular weight excluding hydrogens is 266 g/mol. The van der Waals surface area contributed by atoms with E-state index in [0.29, 0.717) is 18.7 Å². The van der Waals surface area contributed by atoms with Crippen molar-refractivity contribution in [3.8, 4) is 0 Å². The highest BCUT2D eigenvalue weighted by Gasteiger charge is 2.14. The van der Waals surface area contributed by atoms with Crippen LogP contribution in [0.3, 0.4) is 0 Å². The highest BCUT2D eigenvalue weighted by Crippen LogP contribution is 2.21. The molecule has 1 heterocycles. The molecule has 1 aromatic heterocycles. The van der Waals surface area contributed by atoms with Gasteiger partial charge in [0.2, 0.25) is 0 Å². The van der Waals surface area contributed by atoms with E-state index in [-0.39, 0.29) is 12.5 Å². The molecule has 1 aromatic rings. The third-order valence-corrected chi connectivity index (χ3v) is 3.36. The molecular formula is C9H12BrNO2S. The molecule has 0 saturated carbocycles. The van der Waals surface area contributed by atoms with Crippen LogP contribution in [0.4, 0.5) is 0 Å².